The molecule has 1 unspecified atom stereocenters. The molecule has 0 fully saturated rings. The summed E-state index contributed by atoms with van der Waals surface area (Å²) >= 11 is 0. The molecule has 0 saturated carbocycles. The van der Waals surface area contributed by atoms with Gasteiger partial charge < -0.3 is 15.0 Å². The standard InChI is InChI=1S/C16H24N2O/c1-3-9-17-12-14-5-4-6-16-15(14)8-11-18(16)10-7-13(2)19/h4-6,8,11,13,17,19H,3,7,9-10,12H2,1-2H3. The van der Waals surface area contributed by atoms with Gasteiger partial charge in [-0.3, -0.25) is 0 Å². The Bertz CT molecular complexity index is 516. The minimum absolute atomic E-state index is 0.244. The van der Waals surface area contributed by atoms with E-state index in [2.05, 4.69) is 47.3 Å². The van der Waals surface area contributed by atoms with Gasteiger partial charge in [0.15, 0.2) is 0 Å². The highest BCUT2D eigenvalue weighted by molar-refractivity contribution is 5.83. The van der Waals surface area contributed by atoms with Crippen molar-refractivity contribution in [2.45, 2.75) is 45.9 Å². The molecular formula is C16H24N2O. The highest BCUT2D eigenvalue weighted by Crippen LogP contribution is 2.20. The number of nitrogens with zero attached hydrogens (tertiary/aromatic N) is 1. The van der Waals surface area contributed by atoms with E-state index in [0.717, 1.165) is 32.5 Å². The van der Waals surface area contributed by atoms with Gasteiger partial charge in [0.2, 0.25) is 0 Å². The van der Waals surface area contributed by atoms with Gasteiger partial charge >= 0.3 is 0 Å². The molecule has 2 aromatic rings. The maximum atomic E-state index is 9.40. The second kappa shape index (κ2) is 6.73. The normalized spacial score (nSPS) is 13.0. The summed E-state index contributed by atoms with van der Waals surface area (Å²) in [5.41, 5.74) is 2.61. The predicted molar refractivity (Wildman–Crippen MR) is 80.2 cm³/mol. The molecular weight excluding hydrogens is 236 g/mol. The van der Waals surface area contributed by atoms with E-state index in [1.807, 2.05) is 6.92 Å². The van der Waals surface area contributed by atoms with Gasteiger partial charge in [-0.1, -0.05) is 19.1 Å². The molecule has 0 aliphatic carbocycles. The molecule has 104 valence electrons. The van der Waals surface area contributed by atoms with Crippen LogP contribution in [0.15, 0.2) is 30.5 Å². The zero-order valence-electron chi connectivity index (χ0n) is 11.9. The fourth-order valence-corrected chi connectivity index (χ4v) is 2.36. The lowest BCUT2D eigenvalue weighted by Crippen LogP contribution is -2.13. The van der Waals surface area contributed by atoms with Crippen LogP contribution >= 0.6 is 0 Å². The number of rotatable bonds is 7. The Labute approximate surface area is 115 Å². The number of fused-ring (bicyclic) bond motifs is 1. The molecule has 0 amide bonds. The van der Waals surface area contributed by atoms with E-state index in [1.165, 1.54) is 16.5 Å². The molecule has 3 nitrogen and oxygen atoms in total. The summed E-state index contributed by atoms with van der Waals surface area (Å²) in [7, 11) is 0. The van der Waals surface area contributed by atoms with Crippen LogP contribution in [0.2, 0.25) is 0 Å². The van der Waals surface area contributed by atoms with E-state index in [-0.39, 0.29) is 6.10 Å². The van der Waals surface area contributed by atoms with E-state index in [9.17, 15) is 5.11 Å². The third kappa shape index (κ3) is 3.58. The summed E-state index contributed by atoms with van der Waals surface area (Å²) in [5.74, 6) is 0. The first-order chi connectivity index (χ1) is 9.22. The second-order valence-electron chi connectivity index (χ2n) is 5.17. The molecule has 0 aliphatic heterocycles. The summed E-state index contributed by atoms with van der Waals surface area (Å²) in [4.78, 5) is 0. The van der Waals surface area contributed by atoms with Crippen molar-refractivity contribution >= 4 is 10.9 Å². The zero-order chi connectivity index (χ0) is 13.7. The van der Waals surface area contributed by atoms with E-state index >= 15 is 0 Å². The number of aromatic nitrogens is 1. The van der Waals surface area contributed by atoms with Crippen molar-refractivity contribution in [3.05, 3.63) is 36.0 Å². The van der Waals surface area contributed by atoms with Crippen molar-refractivity contribution in [2.24, 2.45) is 0 Å². The quantitative estimate of drug-likeness (QED) is 0.751. The van der Waals surface area contributed by atoms with Gasteiger partial charge in [0.25, 0.3) is 0 Å². The number of aliphatic hydroxyl groups is 1. The summed E-state index contributed by atoms with van der Waals surface area (Å²) in [6.07, 6.45) is 3.83. The third-order valence-corrected chi connectivity index (χ3v) is 3.43. The predicted octanol–water partition coefficient (Wildman–Crippen LogP) is 2.91. The topological polar surface area (TPSA) is 37.2 Å². The Hall–Kier alpha value is -1.32. The van der Waals surface area contributed by atoms with Crippen molar-refractivity contribution in [2.75, 3.05) is 6.54 Å². The van der Waals surface area contributed by atoms with Crippen LogP contribution in [0, 0.1) is 0 Å². The molecule has 1 heterocycles. The van der Waals surface area contributed by atoms with Crippen molar-refractivity contribution in [3.63, 3.8) is 0 Å². The minimum Gasteiger partial charge on any atom is -0.393 e. The van der Waals surface area contributed by atoms with Crippen molar-refractivity contribution < 1.29 is 5.11 Å². The van der Waals surface area contributed by atoms with E-state index in [1.54, 1.807) is 0 Å². The van der Waals surface area contributed by atoms with Gasteiger partial charge in [-0.05, 0) is 44.0 Å². The fraction of sp³-hybridized carbons (Fsp3) is 0.500. The van der Waals surface area contributed by atoms with Gasteiger partial charge in [-0.2, -0.15) is 0 Å². The smallest absolute Gasteiger partial charge is 0.0529 e. The van der Waals surface area contributed by atoms with Gasteiger partial charge in [0.05, 0.1) is 6.10 Å². The van der Waals surface area contributed by atoms with Crippen LogP contribution in [0.5, 0.6) is 0 Å². The number of benzene rings is 1. The van der Waals surface area contributed by atoms with Crippen molar-refractivity contribution in [3.8, 4) is 0 Å². The van der Waals surface area contributed by atoms with Crippen LogP contribution in [0.1, 0.15) is 32.3 Å². The Morgan fingerprint density at radius 2 is 2.16 bits per heavy atom. The summed E-state index contributed by atoms with van der Waals surface area (Å²) in [5, 5.41) is 14.2. The molecule has 19 heavy (non-hydrogen) atoms. The molecule has 0 bridgehead atoms. The lowest BCUT2D eigenvalue weighted by Gasteiger charge is -2.09. The molecule has 0 aliphatic rings. The monoisotopic (exact) mass is 260 g/mol. The summed E-state index contributed by atoms with van der Waals surface area (Å²) in [6.45, 7) is 6.86. The van der Waals surface area contributed by atoms with Crippen LogP contribution in [-0.4, -0.2) is 22.3 Å². The second-order valence-corrected chi connectivity index (χ2v) is 5.17. The molecule has 3 heteroatoms. The lowest BCUT2D eigenvalue weighted by atomic mass is 10.1. The molecule has 0 radical (unpaired) electrons. The Kier molecular flexibility index (Phi) is 5.00. The van der Waals surface area contributed by atoms with Gasteiger partial charge in [0, 0.05) is 30.2 Å². The molecule has 0 spiro atoms. The SMILES string of the molecule is CCCNCc1cccc2c1ccn2CCC(C)O. The molecule has 1 aromatic carbocycles. The fourth-order valence-electron chi connectivity index (χ4n) is 2.36. The number of nitrogens with one attached hydrogen (secondary N) is 1. The molecule has 1 aromatic heterocycles. The average molecular weight is 260 g/mol. The first kappa shape index (κ1) is 14.1. The Balaban J connectivity index is 2.16. The number of hydrogen-bond acceptors (Lipinski definition) is 2. The highest BCUT2D eigenvalue weighted by Gasteiger charge is 2.06. The number of aryl methyl sites for hydroxylation is 1. The van der Waals surface area contributed by atoms with Gasteiger partial charge in [-0.25, -0.2) is 0 Å². The maximum Gasteiger partial charge on any atom is 0.0529 e. The number of aliphatic hydroxyl groups excluding tert-OH is 1. The first-order valence-corrected chi connectivity index (χ1v) is 7.18. The van der Waals surface area contributed by atoms with Gasteiger partial charge in [0.1, 0.15) is 0 Å². The molecule has 0 saturated heterocycles. The average Bonchev–Trinajstić information content (AvgIpc) is 2.81. The van der Waals surface area contributed by atoms with E-state index in [4.69, 9.17) is 0 Å². The maximum absolute atomic E-state index is 9.40. The summed E-state index contributed by atoms with van der Waals surface area (Å²) < 4.78 is 2.23. The number of hydrogen-bond donors (Lipinski definition) is 2. The van der Waals surface area contributed by atoms with Crippen LogP contribution in [-0.2, 0) is 13.1 Å². The molecule has 1 atom stereocenters. The van der Waals surface area contributed by atoms with Crippen molar-refractivity contribution in [1.82, 2.24) is 9.88 Å². The summed E-state index contributed by atoms with van der Waals surface area (Å²) in [6, 6.07) is 8.63. The van der Waals surface area contributed by atoms with Crippen LogP contribution in [0.25, 0.3) is 10.9 Å². The van der Waals surface area contributed by atoms with E-state index in [0.29, 0.717) is 0 Å². The zero-order valence-corrected chi connectivity index (χ0v) is 11.9. The Morgan fingerprint density at radius 1 is 1.32 bits per heavy atom. The third-order valence-electron chi connectivity index (χ3n) is 3.43. The highest BCUT2D eigenvalue weighted by atomic mass is 16.3. The first-order valence-electron chi connectivity index (χ1n) is 7.18. The van der Waals surface area contributed by atoms with Crippen LogP contribution in [0.3, 0.4) is 0 Å². The van der Waals surface area contributed by atoms with E-state index < -0.39 is 0 Å². The lowest BCUT2D eigenvalue weighted by molar-refractivity contribution is 0.178. The molecule has 2 N–H and O–H groups in total. The Morgan fingerprint density at radius 3 is 2.89 bits per heavy atom. The van der Waals surface area contributed by atoms with Crippen molar-refractivity contribution in [1.29, 1.82) is 0 Å². The van der Waals surface area contributed by atoms with Gasteiger partial charge in [-0.15, -0.1) is 0 Å². The minimum atomic E-state index is -0.244. The molecule has 2 rings (SSSR count). The van der Waals surface area contributed by atoms with Crippen LogP contribution in [0.4, 0.5) is 0 Å². The largest absolute Gasteiger partial charge is 0.393 e. The van der Waals surface area contributed by atoms with Crippen LogP contribution < -0.4 is 5.32 Å².